The van der Waals surface area contributed by atoms with Gasteiger partial charge in [-0.1, -0.05) is 41.6 Å². The monoisotopic (exact) mass is 413 g/mol. The molecule has 0 bridgehead atoms. The summed E-state index contributed by atoms with van der Waals surface area (Å²) in [6.07, 6.45) is 2.73. The van der Waals surface area contributed by atoms with E-state index in [0.29, 0.717) is 46.6 Å². The van der Waals surface area contributed by atoms with E-state index in [0.717, 1.165) is 28.5 Å². The lowest BCUT2D eigenvalue weighted by atomic mass is 10.2. The Balaban J connectivity index is 1.34. The number of hydrogen-bond acceptors (Lipinski definition) is 6. The Labute approximate surface area is 170 Å². The predicted molar refractivity (Wildman–Crippen MR) is 108 cm³/mol. The average Bonchev–Trinajstić information content (AvgIpc) is 3.27. The highest BCUT2D eigenvalue weighted by molar-refractivity contribution is 7.98. The normalized spacial score (nSPS) is 13.6. The van der Waals surface area contributed by atoms with E-state index in [1.165, 1.54) is 11.8 Å². The molecule has 1 aliphatic rings. The van der Waals surface area contributed by atoms with Crippen LogP contribution in [0, 0.1) is 0 Å². The van der Waals surface area contributed by atoms with Crippen LogP contribution >= 0.6 is 23.4 Å². The molecule has 2 aromatic heterocycles. The molecule has 5 rings (SSSR count). The van der Waals surface area contributed by atoms with Gasteiger partial charge < -0.3 is 18.9 Å². The van der Waals surface area contributed by atoms with Crippen molar-refractivity contribution in [3.05, 3.63) is 53.2 Å². The number of para-hydroxylation sites is 1. The van der Waals surface area contributed by atoms with Crippen molar-refractivity contribution in [3.63, 3.8) is 0 Å². The fourth-order valence-electron chi connectivity index (χ4n) is 3.14. The molecule has 0 radical (unpaired) electrons. The minimum Gasteiger partial charge on any atom is -0.489 e. The van der Waals surface area contributed by atoms with Gasteiger partial charge in [0, 0.05) is 29.3 Å². The zero-order valence-electron chi connectivity index (χ0n) is 14.8. The molecule has 0 atom stereocenters. The Hall–Kier alpha value is -2.64. The van der Waals surface area contributed by atoms with Crippen LogP contribution in [0.2, 0.25) is 5.02 Å². The van der Waals surface area contributed by atoms with Gasteiger partial charge in [-0.15, -0.1) is 10.2 Å². The van der Waals surface area contributed by atoms with Crippen LogP contribution in [-0.4, -0.2) is 28.4 Å². The third-order valence-corrected chi connectivity index (χ3v) is 5.62. The van der Waals surface area contributed by atoms with Crippen molar-refractivity contribution in [2.75, 3.05) is 13.2 Å². The van der Waals surface area contributed by atoms with Gasteiger partial charge in [0.15, 0.2) is 11.5 Å². The van der Waals surface area contributed by atoms with E-state index < -0.39 is 0 Å². The van der Waals surface area contributed by atoms with Crippen molar-refractivity contribution >= 4 is 34.3 Å². The van der Waals surface area contributed by atoms with E-state index in [1.54, 1.807) is 0 Å². The highest BCUT2D eigenvalue weighted by Crippen LogP contribution is 2.39. The lowest BCUT2D eigenvalue weighted by Gasteiger charge is -2.10. The highest BCUT2D eigenvalue weighted by atomic mass is 35.5. The van der Waals surface area contributed by atoms with Crippen molar-refractivity contribution in [2.24, 2.45) is 0 Å². The van der Waals surface area contributed by atoms with Gasteiger partial charge >= 0.3 is 0 Å². The van der Waals surface area contributed by atoms with Crippen LogP contribution in [0.3, 0.4) is 0 Å². The lowest BCUT2D eigenvalue weighted by Crippen LogP contribution is -1.97. The molecule has 3 heterocycles. The van der Waals surface area contributed by atoms with Crippen molar-refractivity contribution in [2.45, 2.75) is 17.4 Å². The Morgan fingerprint density at radius 3 is 2.96 bits per heavy atom. The number of aromatic amines is 1. The van der Waals surface area contributed by atoms with Gasteiger partial charge in [0.1, 0.15) is 0 Å². The smallest absolute Gasteiger partial charge is 0.277 e. The third kappa shape index (κ3) is 3.31. The zero-order valence-corrected chi connectivity index (χ0v) is 16.3. The molecule has 0 unspecified atom stereocenters. The number of hydrogen-bond donors (Lipinski definition) is 1. The number of fused-ring (bicyclic) bond motifs is 2. The minimum atomic E-state index is 0.497. The molecule has 0 amide bonds. The summed E-state index contributed by atoms with van der Waals surface area (Å²) >= 11 is 7.82. The largest absolute Gasteiger partial charge is 0.489 e. The Bertz CT molecular complexity index is 1140. The van der Waals surface area contributed by atoms with E-state index in [1.807, 2.05) is 42.6 Å². The van der Waals surface area contributed by atoms with Crippen LogP contribution in [0.1, 0.15) is 12.0 Å². The summed E-state index contributed by atoms with van der Waals surface area (Å²) in [7, 11) is 0. The van der Waals surface area contributed by atoms with Gasteiger partial charge in [0.2, 0.25) is 0 Å². The standard InChI is InChI=1S/C20H16ClN3O3S/c21-15-8-12(9-17-18(15)26-7-3-6-25-17)11-28-20-24-23-19(27-20)14-10-22-16-5-2-1-4-13(14)16/h1-2,4-5,8-10,22H,3,6-7,11H2. The van der Waals surface area contributed by atoms with Gasteiger partial charge in [-0.25, -0.2) is 0 Å². The van der Waals surface area contributed by atoms with E-state index >= 15 is 0 Å². The first-order valence-corrected chi connectivity index (χ1v) is 10.2. The molecule has 8 heteroatoms. The Morgan fingerprint density at radius 1 is 1.11 bits per heavy atom. The van der Waals surface area contributed by atoms with Crippen LogP contribution in [-0.2, 0) is 5.75 Å². The van der Waals surface area contributed by atoms with Crippen molar-refractivity contribution < 1.29 is 13.9 Å². The molecular formula is C20H16ClN3O3S. The Morgan fingerprint density at radius 2 is 2.00 bits per heavy atom. The summed E-state index contributed by atoms with van der Waals surface area (Å²) in [6, 6.07) is 11.9. The fraction of sp³-hybridized carbons (Fsp3) is 0.200. The van der Waals surface area contributed by atoms with E-state index in [2.05, 4.69) is 15.2 Å². The van der Waals surface area contributed by atoms with Crippen LogP contribution in [0.5, 0.6) is 11.5 Å². The third-order valence-electron chi connectivity index (χ3n) is 4.45. The maximum absolute atomic E-state index is 6.36. The first kappa shape index (κ1) is 17.5. The number of H-pyrrole nitrogens is 1. The highest BCUT2D eigenvalue weighted by Gasteiger charge is 2.17. The quantitative estimate of drug-likeness (QED) is 0.456. The average molecular weight is 414 g/mol. The molecule has 4 aromatic rings. The van der Waals surface area contributed by atoms with Crippen LogP contribution in [0.4, 0.5) is 0 Å². The molecule has 0 spiro atoms. The summed E-state index contributed by atoms with van der Waals surface area (Å²) in [5.41, 5.74) is 2.94. The van der Waals surface area contributed by atoms with E-state index in [9.17, 15) is 0 Å². The van der Waals surface area contributed by atoms with Gasteiger partial charge in [-0.05, 0) is 23.8 Å². The molecule has 2 aromatic carbocycles. The molecule has 142 valence electrons. The second-order valence-corrected chi connectivity index (χ2v) is 7.70. The van der Waals surface area contributed by atoms with Gasteiger partial charge in [-0.3, -0.25) is 0 Å². The van der Waals surface area contributed by atoms with Gasteiger partial charge in [0.25, 0.3) is 11.1 Å². The number of benzene rings is 2. The van der Waals surface area contributed by atoms with Crippen LogP contribution < -0.4 is 9.47 Å². The molecule has 28 heavy (non-hydrogen) atoms. The fourth-order valence-corrected chi connectivity index (χ4v) is 4.12. The minimum absolute atomic E-state index is 0.497. The lowest BCUT2D eigenvalue weighted by molar-refractivity contribution is 0.297. The predicted octanol–water partition coefficient (Wildman–Crippen LogP) is 5.32. The number of ether oxygens (including phenoxy) is 2. The molecule has 0 saturated carbocycles. The number of halogens is 1. The summed E-state index contributed by atoms with van der Waals surface area (Å²) < 4.78 is 17.3. The maximum atomic E-state index is 6.36. The van der Waals surface area contributed by atoms with Crippen molar-refractivity contribution in [1.29, 1.82) is 0 Å². The maximum Gasteiger partial charge on any atom is 0.277 e. The molecular weight excluding hydrogens is 398 g/mol. The molecule has 1 N–H and O–H groups in total. The first-order valence-electron chi connectivity index (χ1n) is 8.89. The second kappa shape index (κ2) is 7.41. The summed E-state index contributed by atoms with van der Waals surface area (Å²) in [4.78, 5) is 3.22. The number of thioether (sulfide) groups is 1. The number of aromatic nitrogens is 3. The topological polar surface area (TPSA) is 73.2 Å². The Kier molecular flexibility index (Phi) is 4.62. The number of rotatable bonds is 4. The molecule has 0 aliphatic carbocycles. The van der Waals surface area contributed by atoms with Crippen molar-refractivity contribution in [3.8, 4) is 23.0 Å². The molecule has 0 fully saturated rings. The van der Waals surface area contributed by atoms with E-state index in [-0.39, 0.29) is 0 Å². The summed E-state index contributed by atoms with van der Waals surface area (Å²) in [6.45, 7) is 1.23. The summed E-state index contributed by atoms with van der Waals surface area (Å²) in [5, 5.41) is 10.5. The number of nitrogens with one attached hydrogen (secondary N) is 1. The van der Waals surface area contributed by atoms with Gasteiger partial charge in [-0.2, -0.15) is 0 Å². The molecule has 6 nitrogen and oxygen atoms in total. The zero-order chi connectivity index (χ0) is 18.9. The van der Waals surface area contributed by atoms with E-state index in [4.69, 9.17) is 25.5 Å². The molecule has 0 saturated heterocycles. The first-order chi connectivity index (χ1) is 13.8. The van der Waals surface area contributed by atoms with Crippen molar-refractivity contribution in [1.82, 2.24) is 15.2 Å². The summed E-state index contributed by atoms with van der Waals surface area (Å²) in [5.74, 6) is 2.43. The number of nitrogens with zero attached hydrogens (tertiary/aromatic N) is 2. The SMILES string of the molecule is Clc1cc(CSc2nnc(-c3c[nH]c4ccccc34)o2)cc2c1OCCCO2. The van der Waals surface area contributed by atoms with Crippen LogP contribution in [0.15, 0.2) is 52.2 Å². The van der Waals surface area contributed by atoms with Crippen LogP contribution in [0.25, 0.3) is 22.4 Å². The molecule has 1 aliphatic heterocycles. The second-order valence-electron chi connectivity index (χ2n) is 6.37. The van der Waals surface area contributed by atoms with Gasteiger partial charge in [0.05, 0.1) is 23.8 Å².